The first-order valence-electron chi connectivity index (χ1n) is 16.8. The van der Waals surface area contributed by atoms with E-state index in [4.69, 9.17) is 52.1 Å². The second-order valence-corrected chi connectivity index (χ2v) is 10.8. The number of aliphatic hydroxyl groups is 2. The van der Waals surface area contributed by atoms with Crippen LogP contribution in [0.1, 0.15) is 21.5 Å². The van der Waals surface area contributed by atoms with Gasteiger partial charge >= 0.3 is 5.97 Å². The van der Waals surface area contributed by atoms with Crippen molar-refractivity contribution in [3.05, 3.63) is 77.4 Å². The van der Waals surface area contributed by atoms with Crippen molar-refractivity contribution in [1.29, 1.82) is 0 Å². The molecule has 0 bridgehead atoms. The molecule has 0 aliphatic carbocycles. The van der Waals surface area contributed by atoms with Crippen LogP contribution in [-0.2, 0) is 41.6 Å². The first-order chi connectivity index (χ1) is 25.5. The molecule has 3 N–H and O–H groups in total. The predicted octanol–water partition coefficient (Wildman–Crippen LogP) is 3.35. The molecule has 0 fully saturated rings. The van der Waals surface area contributed by atoms with Crippen LogP contribution in [0.5, 0.6) is 28.7 Å². The van der Waals surface area contributed by atoms with Crippen LogP contribution in [0.3, 0.4) is 0 Å². The molecule has 0 radical (unpaired) electrons. The van der Waals surface area contributed by atoms with Crippen LogP contribution in [0.4, 0.5) is 0 Å². The van der Waals surface area contributed by atoms with E-state index < -0.39 is 12.3 Å². The number of rotatable bonds is 30. The highest BCUT2D eigenvalue weighted by molar-refractivity contribution is 5.89. The van der Waals surface area contributed by atoms with Gasteiger partial charge in [-0.15, -0.1) is 0 Å². The second kappa shape index (κ2) is 25.7. The Bertz CT molecular complexity index is 1390. The monoisotopic (exact) mass is 734 g/mol. The van der Waals surface area contributed by atoms with E-state index in [1.165, 1.54) is 12.1 Å². The van der Waals surface area contributed by atoms with E-state index in [9.17, 15) is 20.1 Å². The Balaban J connectivity index is 1.35. The summed E-state index contributed by atoms with van der Waals surface area (Å²) in [5.74, 6) is 0.714. The fourth-order valence-electron chi connectivity index (χ4n) is 4.38. The lowest BCUT2D eigenvalue weighted by Crippen LogP contribution is -2.24. The van der Waals surface area contributed by atoms with Crippen molar-refractivity contribution < 1.29 is 72.2 Å². The minimum absolute atomic E-state index is 0.0628. The van der Waals surface area contributed by atoms with Gasteiger partial charge in [0.15, 0.2) is 17.8 Å². The van der Waals surface area contributed by atoms with Crippen LogP contribution >= 0.6 is 0 Å². The molecular formula is C37H50O15. The van der Waals surface area contributed by atoms with Gasteiger partial charge in [0.25, 0.3) is 0 Å². The number of carboxylic acid groups (broad SMARTS) is 1. The third kappa shape index (κ3) is 16.4. The smallest absolute Gasteiger partial charge is 0.335 e. The SMILES string of the molecule is COc1ccc(COCCOCCOCCOc2cc(C(=O)O)cc(OCCO)c2OCCOCCOC(CO)OCc2ccc(OC)cc2)cc1. The van der Waals surface area contributed by atoms with Crippen LogP contribution in [0, 0.1) is 0 Å². The van der Waals surface area contributed by atoms with Crippen molar-refractivity contribution in [2.45, 2.75) is 19.5 Å². The molecular weight excluding hydrogens is 684 g/mol. The Morgan fingerprint density at radius 3 is 1.58 bits per heavy atom. The van der Waals surface area contributed by atoms with Crippen molar-refractivity contribution >= 4 is 5.97 Å². The van der Waals surface area contributed by atoms with Crippen LogP contribution < -0.4 is 23.7 Å². The molecule has 0 aromatic heterocycles. The molecule has 52 heavy (non-hydrogen) atoms. The third-order valence-corrected chi connectivity index (χ3v) is 7.02. The number of aliphatic hydroxyl groups excluding tert-OH is 2. The summed E-state index contributed by atoms with van der Waals surface area (Å²) in [7, 11) is 3.21. The standard InChI is InChI=1S/C37H50O15/c1-42-31-7-3-28(4-8-31)26-47-16-15-44-13-14-45-17-20-49-34-24-30(37(40)41)23-33(48-12-11-38)36(34)51-22-19-46-18-21-50-35(25-39)52-27-29-5-9-32(43-2)10-6-29/h3-10,23-24,35,38-39H,11-22,25-27H2,1-2H3,(H,40,41). The molecule has 15 nitrogen and oxygen atoms in total. The summed E-state index contributed by atoms with van der Waals surface area (Å²) in [4.78, 5) is 11.8. The summed E-state index contributed by atoms with van der Waals surface area (Å²) in [6, 6.07) is 17.6. The van der Waals surface area contributed by atoms with Crippen molar-refractivity contribution in [3.63, 3.8) is 0 Å². The highest BCUT2D eigenvalue weighted by Crippen LogP contribution is 2.39. The Hall–Kier alpha value is -4.19. The maximum atomic E-state index is 11.8. The van der Waals surface area contributed by atoms with Crippen molar-refractivity contribution in [1.82, 2.24) is 0 Å². The molecule has 0 saturated carbocycles. The summed E-state index contributed by atoms with van der Waals surface area (Å²) < 4.78 is 61.1. The summed E-state index contributed by atoms with van der Waals surface area (Å²) in [6.45, 7) is 2.38. The van der Waals surface area contributed by atoms with Gasteiger partial charge in [0.05, 0.1) is 99.1 Å². The van der Waals surface area contributed by atoms with E-state index in [0.717, 1.165) is 22.6 Å². The van der Waals surface area contributed by atoms with Gasteiger partial charge in [-0.2, -0.15) is 0 Å². The molecule has 0 saturated heterocycles. The Labute approximate surface area is 303 Å². The average molecular weight is 735 g/mol. The van der Waals surface area contributed by atoms with E-state index in [1.807, 2.05) is 48.5 Å². The molecule has 3 aromatic rings. The summed E-state index contributed by atoms with van der Waals surface area (Å²) in [5, 5.41) is 28.5. The Morgan fingerprint density at radius 2 is 1.06 bits per heavy atom. The van der Waals surface area contributed by atoms with Gasteiger partial charge in [0.2, 0.25) is 5.75 Å². The van der Waals surface area contributed by atoms with Gasteiger partial charge in [0, 0.05) is 0 Å². The molecule has 1 atom stereocenters. The summed E-state index contributed by atoms with van der Waals surface area (Å²) >= 11 is 0. The quantitative estimate of drug-likeness (QED) is 0.0670. The predicted molar refractivity (Wildman–Crippen MR) is 187 cm³/mol. The molecule has 3 aromatic carbocycles. The van der Waals surface area contributed by atoms with Gasteiger partial charge in [-0.1, -0.05) is 24.3 Å². The second-order valence-electron chi connectivity index (χ2n) is 10.8. The van der Waals surface area contributed by atoms with Crippen LogP contribution in [0.2, 0.25) is 0 Å². The van der Waals surface area contributed by atoms with Gasteiger partial charge < -0.3 is 67.4 Å². The fourth-order valence-corrected chi connectivity index (χ4v) is 4.38. The normalized spacial score (nSPS) is 11.6. The molecule has 0 spiro atoms. The average Bonchev–Trinajstić information content (AvgIpc) is 3.17. The van der Waals surface area contributed by atoms with Crippen LogP contribution in [0.25, 0.3) is 0 Å². The number of carboxylic acids is 1. The Kier molecular flexibility index (Phi) is 20.9. The first-order valence-corrected chi connectivity index (χ1v) is 16.8. The Morgan fingerprint density at radius 1 is 0.577 bits per heavy atom. The lowest BCUT2D eigenvalue weighted by molar-refractivity contribution is -0.175. The first kappa shape index (κ1) is 42.2. The molecule has 0 aliphatic heterocycles. The van der Waals surface area contributed by atoms with E-state index in [2.05, 4.69) is 0 Å². The van der Waals surface area contributed by atoms with E-state index in [1.54, 1.807) is 14.2 Å². The number of aromatic carboxylic acids is 1. The highest BCUT2D eigenvalue weighted by Gasteiger charge is 2.19. The van der Waals surface area contributed by atoms with Gasteiger partial charge in [-0.25, -0.2) is 4.79 Å². The zero-order chi connectivity index (χ0) is 37.2. The number of methoxy groups -OCH3 is 2. The number of hydrogen-bond acceptors (Lipinski definition) is 14. The maximum Gasteiger partial charge on any atom is 0.335 e. The molecule has 1 unspecified atom stereocenters. The zero-order valence-corrected chi connectivity index (χ0v) is 29.7. The molecule has 0 amide bonds. The minimum atomic E-state index is -1.19. The van der Waals surface area contributed by atoms with Crippen LogP contribution in [0.15, 0.2) is 60.7 Å². The molecule has 3 rings (SSSR count). The van der Waals surface area contributed by atoms with Gasteiger partial charge in [0.1, 0.15) is 31.3 Å². The summed E-state index contributed by atoms with van der Waals surface area (Å²) in [5.41, 5.74) is 1.85. The lowest BCUT2D eigenvalue weighted by atomic mass is 10.2. The van der Waals surface area contributed by atoms with Crippen molar-refractivity contribution in [2.24, 2.45) is 0 Å². The van der Waals surface area contributed by atoms with E-state index in [0.29, 0.717) is 33.0 Å². The number of ether oxygens (including phenoxy) is 11. The highest BCUT2D eigenvalue weighted by atomic mass is 16.7. The molecule has 0 aliphatic rings. The van der Waals surface area contributed by atoms with Gasteiger partial charge in [-0.3, -0.25) is 0 Å². The molecule has 0 heterocycles. The maximum absolute atomic E-state index is 11.8. The number of carbonyl (C=O) groups is 1. The summed E-state index contributed by atoms with van der Waals surface area (Å²) in [6.07, 6.45) is -0.826. The van der Waals surface area contributed by atoms with Crippen LogP contribution in [-0.4, -0.2) is 128 Å². The molecule has 15 heteroatoms. The lowest BCUT2D eigenvalue weighted by Gasteiger charge is -2.18. The van der Waals surface area contributed by atoms with E-state index >= 15 is 0 Å². The largest absolute Gasteiger partial charge is 0.497 e. The third-order valence-electron chi connectivity index (χ3n) is 7.02. The number of benzene rings is 3. The number of hydrogen-bond donors (Lipinski definition) is 3. The topological polar surface area (TPSA) is 179 Å². The fraction of sp³-hybridized carbons (Fsp3) is 0.486. The van der Waals surface area contributed by atoms with Crippen molar-refractivity contribution in [3.8, 4) is 28.7 Å². The zero-order valence-electron chi connectivity index (χ0n) is 29.7. The molecule has 288 valence electrons. The van der Waals surface area contributed by atoms with Crippen molar-refractivity contribution in [2.75, 3.05) is 100 Å². The minimum Gasteiger partial charge on any atom is -0.497 e. The van der Waals surface area contributed by atoms with E-state index in [-0.39, 0.29) is 88.9 Å². The van der Waals surface area contributed by atoms with Gasteiger partial charge in [-0.05, 0) is 47.5 Å².